The van der Waals surface area contributed by atoms with E-state index in [2.05, 4.69) is 15.9 Å². The van der Waals surface area contributed by atoms with E-state index in [4.69, 9.17) is 14.2 Å². The van der Waals surface area contributed by atoms with Crippen LogP contribution in [0.2, 0.25) is 0 Å². The highest BCUT2D eigenvalue weighted by Crippen LogP contribution is 2.37. The zero-order chi connectivity index (χ0) is 13.5. The molecule has 0 aliphatic heterocycles. The molecule has 0 radical (unpaired) electrons. The van der Waals surface area contributed by atoms with Crippen molar-refractivity contribution in [2.75, 3.05) is 27.4 Å². The van der Waals surface area contributed by atoms with Crippen LogP contribution in [0.15, 0.2) is 16.6 Å². The van der Waals surface area contributed by atoms with Crippen LogP contribution in [0.4, 0.5) is 0 Å². The normalized spacial score (nSPS) is 10.2. The highest BCUT2D eigenvalue weighted by Gasteiger charge is 2.18. The van der Waals surface area contributed by atoms with E-state index in [1.807, 2.05) is 6.92 Å². The van der Waals surface area contributed by atoms with Crippen LogP contribution in [0.3, 0.4) is 0 Å². The topological polar surface area (TPSA) is 44.8 Å². The van der Waals surface area contributed by atoms with Crippen molar-refractivity contribution in [3.8, 4) is 11.5 Å². The van der Waals surface area contributed by atoms with Crippen molar-refractivity contribution >= 4 is 21.7 Å². The fraction of sp³-hybridized carbons (Fsp3) is 0.462. The second-order valence-corrected chi connectivity index (χ2v) is 4.43. The number of carbonyl (C=O) groups is 1. The summed E-state index contributed by atoms with van der Waals surface area (Å²) in [4.78, 5) is 12.0. The van der Waals surface area contributed by atoms with E-state index in [0.717, 1.165) is 6.42 Å². The average Bonchev–Trinajstić information content (AvgIpc) is 2.38. The van der Waals surface area contributed by atoms with E-state index in [-0.39, 0.29) is 12.4 Å². The zero-order valence-corrected chi connectivity index (χ0v) is 12.4. The third-order valence-corrected chi connectivity index (χ3v) is 3.12. The van der Waals surface area contributed by atoms with Gasteiger partial charge in [0, 0.05) is 6.61 Å². The van der Waals surface area contributed by atoms with Gasteiger partial charge in [-0.25, -0.2) is 0 Å². The van der Waals surface area contributed by atoms with E-state index < -0.39 is 0 Å². The van der Waals surface area contributed by atoms with E-state index in [1.165, 1.54) is 7.11 Å². The Bertz CT molecular complexity index is 418. The number of methoxy groups -OCH3 is 2. The summed E-state index contributed by atoms with van der Waals surface area (Å²) in [5, 5.41) is 0. The number of carbonyl (C=O) groups excluding carboxylic acids is 1. The second kappa shape index (κ2) is 7.38. The molecule has 0 bridgehead atoms. The summed E-state index contributed by atoms with van der Waals surface area (Å²) in [7, 11) is 3.08. The van der Waals surface area contributed by atoms with Crippen molar-refractivity contribution in [2.24, 2.45) is 0 Å². The third kappa shape index (κ3) is 3.46. The molecule has 0 unspecified atom stereocenters. The van der Waals surface area contributed by atoms with E-state index in [9.17, 15) is 4.79 Å². The Kier molecular flexibility index (Phi) is 6.15. The molecule has 18 heavy (non-hydrogen) atoms. The smallest absolute Gasteiger partial charge is 0.192 e. The maximum absolute atomic E-state index is 12.0. The highest BCUT2D eigenvalue weighted by molar-refractivity contribution is 9.10. The molecule has 0 fully saturated rings. The van der Waals surface area contributed by atoms with Crippen LogP contribution in [0.25, 0.3) is 0 Å². The van der Waals surface area contributed by atoms with Gasteiger partial charge in [-0.15, -0.1) is 0 Å². The number of rotatable bonds is 7. The fourth-order valence-corrected chi connectivity index (χ4v) is 2.17. The molecule has 1 rings (SSSR count). The summed E-state index contributed by atoms with van der Waals surface area (Å²) in [6.45, 7) is 2.63. The standard InChI is InChI=1S/C13H17BrO4/c1-4-7-18-8-10(15)9-5-6-11(16-2)12(14)13(9)17-3/h5-6H,4,7-8H2,1-3H3. The van der Waals surface area contributed by atoms with Gasteiger partial charge >= 0.3 is 0 Å². The van der Waals surface area contributed by atoms with Gasteiger partial charge in [-0.05, 0) is 34.5 Å². The highest BCUT2D eigenvalue weighted by atomic mass is 79.9. The predicted molar refractivity (Wildman–Crippen MR) is 72.7 cm³/mol. The molecule has 5 heteroatoms. The van der Waals surface area contributed by atoms with Crippen LogP contribution in [0.1, 0.15) is 23.7 Å². The quantitative estimate of drug-likeness (QED) is 0.573. The van der Waals surface area contributed by atoms with Crippen molar-refractivity contribution in [1.82, 2.24) is 0 Å². The van der Waals surface area contributed by atoms with E-state index in [1.54, 1.807) is 19.2 Å². The molecular formula is C13H17BrO4. The molecule has 0 saturated carbocycles. The van der Waals surface area contributed by atoms with Gasteiger partial charge in [0.15, 0.2) is 5.78 Å². The minimum Gasteiger partial charge on any atom is -0.495 e. The first-order chi connectivity index (χ1) is 8.65. The summed E-state index contributed by atoms with van der Waals surface area (Å²) in [5.41, 5.74) is 0.487. The Morgan fingerprint density at radius 2 is 2.00 bits per heavy atom. The van der Waals surface area contributed by atoms with Gasteiger partial charge in [-0.3, -0.25) is 4.79 Å². The van der Waals surface area contributed by atoms with Crippen LogP contribution >= 0.6 is 15.9 Å². The average molecular weight is 317 g/mol. The minimum atomic E-state index is -0.108. The van der Waals surface area contributed by atoms with Crippen LogP contribution in [-0.4, -0.2) is 33.2 Å². The van der Waals surface area contributed by atoms with Crippen molar-refractivity contribution in [2.45, 2.75) is 13.3 Å². The van der Waals surface area contributed by atoms with E-state index >= 15 is 0 Å². The largest absolute Gasteiger partial charge is 0.495 e. The molecule has 1 aromatic carbocycles. The van der Waals surface area contributed by atoms with Gasteiger partial charge < -0.3 is 14.2 Å². The van der Waals surface area contributed by atoms with E-state index in [0.29, 0.717) is 28.1 Å². The molecule has 0 spiro atoms. The lowest BCUT2D eigenvalue weighted by Gasteiger charge is -2.12. The Morgan fingerprint density at radius 3 is 2.56 bits per heavy atom. The number of hydrogen-bond donors (Lipinski definition) is 0. The van der Waals surface area contributed by atoms with Crippen molar-refractivity contribution in [1.29, 1.82) is 0 Å². The lowest BCUT2D eigenvalue weighted by molar-refractivity contribution is 0.0758. The fourth-order valence-electron chi connectivity index (χ4n) is 1.50. The Hall–Kier alpha value is -1.07. The number of ether oxygens (including phenoxy) is 3. The maximum Gasteiger partial charge on any atom is 0.192 e. The van der Waals surface area contributed by atoms with Crippen molar-refractivity contribution in [3.05, 3.63) is 22.2 Å². The molecule has 0 heterocycles. The van der Waals surface area contributed by atoms with Gasteiger partial charge in [0.05, 0.1) is 19.8 Å². The monoisotopic (exact) mass is 316 g/mol. The summed E-state index contributed by atoms with van der Waals surface area (Å²) in [5.74, 6) is 0.987. The summed E-state index contributed by atoms with van der Waals surface area (Å²) >= 11 is 3.36. The molecule has 1 aromatic rings. The lowest BCUT2D eigenvalue weighted by Crippen LogP contribution is -2.11. The van der Waals surface area contributed by atoms with Crippen LogP contribution in [0, 0.1) is 0 Å². The predicted octanol–water partition coefficient (Wildman–Crippen LogP) is 3.08. The van der Waals surface area contributed by atoms with Gasteiger partial charge in [0.1, 0.15) is 22.6 Å². The van der Waals surface area contributed by atoms with Crippen LogP contribution in [-0.2, 0) is 4.74 Å². The molecule has 0 saturated heterocycles. The van der Waals surface area contributed by atoms with Crippen molar-refractivity contribution < 1.29 is 19.0 Å². The number of benzene rings is 1. The van der Waals surface area contributed by atoms with Gasteiger partial charge in [-0.2, -0.15) is 0 Å². The van der Waals surface area contributed by atoms with Gasteiger partial charge in [0.2, 0.25) is 0 Å². The molecule has 0 atom stereocenters. The van der Waals surface area contributed by atoms with Crippen molar-refractivity contribution in [3.63, 3.8) is 0 Å². The Morgan fingerprint density at radius 1 is 1.28 bits per heavy atom. The Labute approximate surface area is 115 Å². The molecule has 4 nitrogen and oxygen atoms in total. The molecular weight excluding hydrogens is 300 g/mol. The number of hydrogen-bond acceptors (Lipinski definition) is 4. The third-order valence-electron chi connectivity index (χ3n) is 2.37. The van der Waals surface area contributed by atoms with Crippen LogP contribution < -0.4 is 9.47 Å². The number of Topliss-reactive ketones (excluding diaryl/α,β-unsaturated/α-hetero) is 1. The SMILES string of the molecule is CCCOCC(=O)c1ccc(OC)c(Br)c1OC. The summed E-state index contributed by atoms with van der Waals surface area (Å²) in [6.07, 6.45) is 0.886. The summed E-state index contributed by atoms with van der Waals surface area (Å²) < 4.78 is 16.3. The molecule has 0 amide bonds. The maximum atomic E-state index is 12.0. The second-order valence-electron chi connectivity index (χ2n) is 3.64. The first-order valence-corrected chi connectivity index (χ1v) is 6.46. The zero-order valence-electron chi connectivity index (χ0n) is 10.8. The summed E-state index contributed by atoms with van der Waals surface area (Å²) in [6, 6.07) is 3.40. The molecule has 0 N–H and O–H groups in total. The van der Waals surface area contributed by atoms with Gasteiger partial charge in [-0.1, -0.05) is 6.92 Å². The number of ketones is 1. The minimum absolute atomic E-state index is 0.0585. The molecule has 0 aliphatic rings. The number of halogens is 1. The molecule has 0 aromatic heterocycles. The first kappa shape index (κ1) is 15.0. The Balaban J connectivity index is 2.94. The van der Waals surface area contributed by atoms with Gasteiger partial charge in [0.25, 0.3) is 0 Å². The molecule has 0 aliphatic carbocycles. The molecule has 100 valence electrons. The lowest BCUT2D eigenvalue weighted by atomic mass is 10.1. The van der Waals surface area contributed by atoms with Crippen LogP contribution in [0.5, 0.6) is 11.5 Å². The first-order valence-electron chi connectivity index (χ1n) is 5.67.